The molecule has 0 radical (unpaired) electrons. The summed E-state index contributed by atoms with van der Waals surface area (Å²) in [5, 5.41) is 2.44. The summed E-state index contributed by atoms with van der Waals surface area (Å²) >= 11 is 6.60. The van der Waals surface area contributed by atoms with E-state index >= 15 is 0 Å². The Bertz CT molecular complexity index is 657. The standard InChI is InChI=1S/C14H11Br2FN2O2/c15-9-5-8(18)6-10(16)14(9)21-7-13(20)19-12-4-2-1-3-11(12)17/h1-6H,7,18H2,(H,19,20). The van der Waals surface area contributed by atoms with Gasteiger partial charge in [0, 0.05) is 5.69 Å². The van der Waals surface area contributed by atoms with Crippen LogP contribution in [0.5, 0.6) is 5.75 Å². The number of amides is 1. The highest BCUT2D eigenvalue weighted by molar-refractivity contribution is 9.11. The molecule has 0 aliphatic carbocycles. The van der Waals surface area contributed by atoms with Gasteiger partial charge in [-0.2, -0.15) is 0 Å². The molecule has 2 aromatic rings. The molecule has 0 spiro atoms. The average molecular weight is 418 g/mol. The van der Waals surface area contributed by atoms with Crippen LogP contribution in [-0.4, -0.2) is 12.5 Å². The molecule has 3 N–H and O–H groups in total. The van der Waals surface area contributed by atoms with Crippen LogP contribution in [-0.2, 0) is 4.79 Å². The number of rotatable bonds is 4. The molecule has 0 atom stereocenters. The molecule has 0 bridgehead atoms. The second kappa shape index (κ2) is 6.91. The van der Waals surface area contributed by atoms with E-state index in [1.54, 1.807) is 24.3 Å². The van der Waals surface area contributed by atoms with Crippen molar-refractivity contribution in [3.05, 3.63) is 51.2 Å². The minimum atomic E-state index is -0.499. The highest BCUT2D eigenvalue weighted by Gasteiger charge is 2.11. The van der Waals surface area contributed by atoms with Gasteiger partial charge in [-0.25, -0.2) is 4.39 Å². The number of para-hydroxylation sites is 1. The van der Waals surface area contributed by atoms with Gasteiger partial charge in [0.15, 0.2) is 6.61 Å². The molecule has 1 amide bonds. The van der Waals surface area contributed by atoms with Crippen LogP contribution in [0.2, 0.25) is 0 Å². The number of nitrogens with two attached hydrogens (primary N) is 1. The monoisotopic (exact) mass is 416 g/mol. The number of carbonyl (C=O) groups is 1. The van der Waals surface area contributed by atoms with E-state index < -0.39 is 11.7 Å². The van der Waals surface area contributed by atoms with E-state index in [1.807, 2.05) is 0 Å². The van der Waals surface area contributed by atoms with Crippen LogP contribution in [0.4, 0.5) is 15.8 Å². The van der Waals surface area contributed by atoms with Crippen molar-refractivity contribution in [1.29, 1.82) is 0 Å². The Morgan fingerprint density at radius 1 is 1.24 bits per heavy atom. The second-order valence-corrected chi connectivity index (χ2v) is 5.84. The van der Waals surface area contributed by atoms with Crippen molar-refractivity contribution >= 4 is 49.1 Å². The van der Waals surface area contributed by atoms with E-state index in [0.29, 0.717) is 20.4 Å². The van der Waals surface area contributed by atoms with Crippen molar-refractivity contribution < 1.29 is 13.9 Å². The largest absolute Gasteiger partial charge is 0.481 e. The van der Waals surface area contributed by atoms with Gasteiger partial charge in [-0.1, -0.05) is 12.1 Å². The molecule has 21 heavy (non-hydrogen) atoms. The Kier molecular flexibility index (Phi) is 5.19. The number of hydrogen-bond acceptors (Lipinski definition) is 3. The lowest BCUT2D eigenvalue weighted by Gasteiger charge is -2.11. The van der Waals surface area contributed by atoms with Crippen molar-refractivity contribution in [2.45, 2.75) is 0 Å². The molecule has 110 valence electrons. The highest BCUT2D eigenvalue weighted by atomic mass is 79.9. The van der Waals surface area contributed by atoms with Crippen LogP contribution < -0.4 is 15.8 Å². The molecule has 0 aromatic heterocycles. The predicted octanol–water partition coefficient (Wildman–Crippen LogP) is 3.95. The molecule has 2 rings (SSSR count). The third kappa shape index (κ3) is 4.18. The fourth-order valence-electron chi connectivity index (χ4n) is 1.60. The van der Waals surface area contributed by atoms with Crippen LogP contribution in [0.3, 0.4) is 0 Å². The Morgan fingerprint density at radius 2 is 1.86 bits per heavy atom. The van der Waals surface area contributed by atoms with Gasteiger partial charge in [0.25, 0.3) is 5.91 Å². The zero-order valence-electron chi connectivity index (χ0n) is 10.7. The maximum Gasteiger partial charge on any atom is 0.262 e. The van der Waals surface area contributed by atoms with E-state index in [0.717, 1.165) is 0 Å². The van der Waals surface area contributed by atoms with Gasteiger partial charge in [0.2, 0.25) is 0 Å². The third-order valence-electron chi connectivity index (χ3n) is 2.52. The molecule has 0 aliphatic heterocycles. The summed E-state index contributed by atoms with van der Waals surface area (Å²) in [5.41, 5.74) is 6.33. The number of ether oxygens (including phenoxy) is 1. The maximum absolute atomic E-state index is 13.4. The molecular formula is C14H11Br2FN2O2. The highest BCUT2D eigenvalue weighted by Crippen LogP contribution is 2.35. The van der Waals surface area contributed by atoms with E-state index in [4.69, 9.17) is 10.5 Å². The lowest BCUT2D eigenvalue weighted by molar-refractivity contribution is -0.118. The summed E-state index contributed by atoms with van der Waals surface area (Å²) in [7, 11) is 0. The van der Waals surface area contributed by atoms with E-state index in [9.17, 15) is 9.18 Å². The number of halogens is 3. The second-order valence-electron chi connectivity index (χ2n) is 4.13. The molecule has 0 saturated carbocycles. The molecular weight excluding hydrogens is 407 g/mol. The van der Waals surface area contributed by atoms with Crippen LogP contribution in [0, 0.1) is 5.82 Å². The summed E-state index contributed by atoms with van der Waals surface area (Å²) in [6, 6.07) is 9.24. The van der Waals surface area contributed by atoms with Crippen molar-refractivity contribution in [1.82, 2.24) is 0 Å². The molecule has 0 saturated heterocycles. The van der Waals surface area contributed by atoms with E-state index in [-0.39, 0.29) is 12.3 Å². The molecule has 0 heterocycles. The average Bonchev–Trinajstić information content (AvgIpc) is 2.40. The van der Waals surface area contributed by atoms with Gasteiger partial charge < -0.3 is 15.8 Å². The zero-order chi connectivity index (χ0) is 15.4. The Balaban J connectivity index is 2.01. The SMILES string of the molecule is Nc1cc(Br)c(OCC(=O)Nc2ccccc2F)c(Br)c1. The maximum atomic E-state index is 13.4. The smallest absolute Gasteiger partial charge is 0.262 e. The van der Waals surface area contributed by atoms with Crippen LogP contribution in [0.25, 0.3) is 0 Å². The molecule has 0 aliphatic rings. The Morgan fingerprint density at radius 3 is 2.48 bits per heavy atom. The first-order valence-electron chi connectivity index (χ1n) is 5.89. The Hall–Kier alpha value is -1.60. The third-order valence-corrected chi connectivity index (χ3v) is 3.69. The van der Waals surface area contributed by atoms with E-state index in [2.05, 4.69) is 37.2 Å². The summed E-state index contributed by atoms with van der Waals surface area (Å²) in [5.74, 6) is -0.510. The number of nitrogens with one attached hydrogen (secondary N) is 1. The number of nitrogen functional groups attached to an aromatic ring is 1. The number of carbonyl (C=O) groups excluding carboxylic acids is 1. The van der Waals surface area contributed by atoms with Crippen molar-refractivity contribution in [3.63, 3.8) is 0 Å². The topological polar surface area (TPSA) is 64.3 Å². The minimum Gasteiger partial charge on any atom is -0.481 e. The fourth-order valence-corrected chi connectivity index (χ4v) is 3.05. The first-order chi connectivity index (χ1) is 9.97. The molecule has 4 nitrogen and oxygen atoms in total. The normalized spacial score (nSPS) is 10.2. The Labute approximate surface area is 137 Å². The summed E-state index contributed by atoms with van der Waals surface area (Å²) < 4.78 is 20.1. The van der Waals surface area contributed by atoms with Gasteiger partial charge in [-0.15, -0.1) is 0 Å². The lowest BCUT2D eigenvalue weighted by Crippen LogP contribution is -2.21. The summed E-state index contributed by atoms with van der Waals surface area (Å²) in [6.07, 6.45) is 0. The minimum absolute atomic E-state index is 0.113. The summed E-state index contributed by atoms with van der Waals surface area (Å²) in [4.78, 5) is 11.8. The lowest BCUT2D eigenvalue weighted by atomic mass is 10.3. The van der Waals surface area contributed by atoms with Gasteiger partial charge in [-0.3, -0.25) is 4.79 Å². The summed E-state index contributed by atoms with van der Waals surface area (Å²) in [6.45, 7) is -0.255. The first kappa shape index (κ1) is 15.8. The number of anilines is 2. The number of benzene rings is 2. The van der Waals surface area contributed by atoms with E-state index in [1.165, 1.54) is 12.1 Å². The van der Waals surface area contributed by atoms with Gasteiger partial charge in [-0.05, 0) is 56.1 Å². The fraction of sp³-hybridized carbons (Fsp3) is 0.0714. The van der Waals surface area contributed by atoms with Crippen molar-refractivity contribution in [2.24, 2.45) is 0 Å². The molecule has 2 aromatic carbocycles. The van der Waals surface area contributed by atoms with Crippen molar-refractivity contribution in [2.75, 3.05) is 17.7 Å². The van der Waals surface area contributed by atoms with Crippen molar-refractivity contribution in [3.8, 4) is 5.75 Å². The van der Waals surface area contributed by atoms with Gasteiger partial charge in [0.1, 0.15) is 11.6 Å². The molecule has 0 fully saturated rings. The van der Waals surface area contributed by atoms with Crippen LogP contribution >= 0.6 is 31.9 Å². The predicted molar refractivity (Wildman–Crippen MR) is 86.8 cm³/mol. The van der Waals surface area contributed by atoms with Crippen LogP contribution in [0.15, 0.2) is 45.3 Å². The zero-order valence-corrected chi connectivity index (χ0v) is 13.9. The van der Waals surface area contributed by atoms with Crippen LogP contribution in [0.1, 0.15) is 0 Å². The first-order valence-corrected chi connectivity index (χ1v) is 7.47. The molecule has 0 unspecified atom stereocenters. The molecule has 7 heteroatoms. The number of hydrogen-bond donors (Lipinski definition) is 2. The van der Waals surface area contributed by atoms with Gasteiger partial charge >= 0.3 is 0 Å². The van der Waals surface area contributed by atoms with Gasteiger partial charge in [0.05, 0.1) is 14.6 Å². The quantitative estimate of drug-likeness (QED) is 0.740.